The summed E-state index contributed by atoms with van der Waals surface area (Å²) in [5.41, 5.74) is 2.74. The van der Waals surface area contributed by atoms with Crippen LogP contribution >= 0.6 is 0 Å². The third-order valence-corrected chi connectivity index (χ3v) is 9.04. The minimum Gasteiger partial charge on any atom is -0.366 e. The van der Waals surface area contributed by atoms with Gasteiger partial charge in [0.2, 0.25) is 0 Å². The molecule has 132 valence electrons. The minimum absolute atomic E-state index is 0.0701. The van der Waals surface area contributed by atoms with Crippen molar-refractivity contribution in [2.24, 2.45) is 40.9 Å². The van der Waals surface area contributed by atoms with E-state index in [0.29, 0.717) is 11.3 Å². The van der Waals surface area contributed by atoms with Crippen LogP contribution in [-0.2, 0) is 4.74 Å². The summed E-state index contributed by atoms with van der Waals surface area (Å²) in [5.74, 6) is 4.79. The average molecular weight is 335 g/mol. The molecule has 2 heteroatoms. The first-order valence-corrected chi connectivity index (χ1v) is 10.5. The quantitative estimate of drug-likeness (QED) is 0.677. The third-order valence-electron chi connectivity index (χ3n) is 9.04. The lowest BCUT2D eigenvalue weighted by atomic mass is 9.49. The molecular formula is C23H29NO. The van der Waals surface area contributed by atoms with E-state index in [1.807, 2.05) is 0 Å². The van der Waals surface area contributed by atoms with Gasteiger partial charge < -0.3 is 10.1 Å². The average Bonchev–Trinajstić information content (AvgIpc) is 3.20. The molecule has 6 aliphatic rings. The Balaban J connectivity index is 1.44. The second-order valence-electron chi connectivity index (χ2n) is 9.50. The molecule has 1 N–H and O–H groups in total. The van der Waals surface area contributed by atoms with Crippen molar-refractivity contribution in [2.45, 2.75) is 51.0 Å². The van der Waals surface area contributed by atoms with Crippen LogP contribution in [0.25, 0.3) is 0 Å². The molecular weight excluding hydrogens is 306 g/mol. The van der Waals surface area contributed by atoms with Gasteiger partial charge in [-0.2, -0.15) is 0 Å². The summed E-state index contributed by atoms with van der Waals surface area (Å²) in [6.45, 7) is 3.26. The highest BCUT2D eigenvalue weighted by Crippen LogP contribution is 2.78. The van der Waals surface area contributed by atoms with Gasteiger partial charge in [-0.05, 0) is 85.7 Å². The Morgan fingerprint density at radius 2 is 2.20 bits per heavy atom. The molecule has 0 bridgehead atoms. The van der Waals surface area contributed by atoms with Gasteiger partial charge in [0.25, 0.3) is 0 Å². The van der Waals surface area contributed by atoms with Crippen molar-refractivity contribution in [3.05, 3.63) is 36.0 Å². The molecule has 3 fully saturated rings. The lowest BCUT2D eigenvalue weighted by molar-refractivity contribution is -0.132. The molecule has 0 aromatic carbocycles. The summed E-state index contributed by atoms with van der Waals surface area (Å²) in [7, 11) is 0. The molecule has 8 atom stereocenters. The highest BCUT2D eigenvalue weighted by Gasteiger charge is 2.77. The van der Waals surface area contributed by atoms with Gasteiger partial charge >= 0.3 is 0 Å². The van der Waals surface area contributed by atoms with Gasteiger partial charge in [-0.3, -0.25) is 0 Å². The summed E-state index contributed by atoms with van der Waals surface area (Å²) in [6, 6.07) is 0. The van der Waals surface area contributed by atoms with Crippen molar-refractivity contribution < 1.29 is 4.74 Å². The van der Waals surface area contributed by atoms with E-state index < -0.39 is 0 Å². The maximum absolute atomic E-state index is 8.04. The first kappa shape index (κ1) is 15.0. The summed E-state index contributed by atoms with van der Waals surface area (Å²) in [6.07, 6.45) is 19.5. The highest BCUT2D eigenvalue weighted by atomic mass is 16.5. The summed E-state index contributed by atoms with van der Waals surface area (Å²) >= 11 is 0. The predicted octanol–water partition coefficient (Wildman–Crippen LogP) is 4.93. The maximum atomic E-state index is 8.04. The molecule has 6 rings (SSSR count). The molecule has 25 heavy (non-hydrogen) atoms. The first-order valence-electron chi connectivity index (χ1n) is 10.5. The van der Waals surface area contributed by atoms with E-state index in [9.17, 15) is 0 Å². The summed E-state index contributed by atoms with van der Waals surface area (Å²) in [5, 5.41) is 8.04. The first-order chi connectivity index (χ1) is 12.2. The zero-order chi connectivity index (χ0) is 16.8. The van der Waals surface area contributed by atoms with Crippen molar-refractivity contribution in [1.29, 1.82) is 5.41 Å². The Morgan fingerprint density at radius 3 is 3.00 bits per heavy atom. The lowest BCUT2D eigenvalue weighted by Crippen LogP contribution is -2.55. The summed E-state index contributed by atoms with van der Waals surface area (Å²) in [4.78, 5) is 0. The fourth-order valence-corrected chi connectivity index (χ4v) is 8.17. The highest BCUT2D eigenvalue weighted by molar-refractivity contribution is 5.94. The molecule has 0 aromatic heterocycles. The lowest BCUT2D eigenvalue weighted by Gasteiger charge is -2.57. The van der Waals surface area contributed by atoms with Gasteiger partial charge in [-0.15, -0.1) is 0 Å². The molecule has 1 aliphatic heterocycles. The van der Waals surface area contributed by atoms with Gasteiger partial charge in [-0.1, -0.05) is 31.2 Å². The number of fused-ring (bicyclic) bond motifs is 9. The van der Waals surface area contributed by atoms with Crippen LogP contribution < -0.4 is 0 Å². The number of allylic oxidation sites excluding steroid dienone is 4. The Hall–Kier alpha value is -1.15. The van der Waals surface area contributed by atoms with Crippen molar-refractivity contribution in [1.82, 2.24) is 0 Å². The minimum atomic E-state index is 0.0701. The van der Waals surface area contributed by atoms with Crippen molar-refractivity contribution in [2.75, 3.05) is 6.61 Å². The zero-order valence-electron chi connectivity index (χ0n) is 15.2. The van der Waals surface area contributed by atoms with E-state index in [1.54, 1.807) is 0 Å². The zero-order valence-corrected chi connectivity index (χ0v) is 15.2. The Morgan fingerprint density at radius 1 is 1.28 bits per heavy atom. The van der Waals surface area contributed by atoms with Crippen LogP contribution in [0.5, 0.6) is 0 Å². The Bertz CT molecular complexity index is 732. The van der Waals surface area contributed by atoms with E-state index in [0.717, 1.165) is 48.3 Å². The van der Waals surface area contributed by atoms with E-state index in [2.05, 4.69) is 37.3 Å². The maximum Gasteiger partial charge on any atom is 0.0957 e. The van der Waals surface area contributed by atoms with Crippen LogP contribution in [-0.4, -0.2) is 17.9 Å². The number of hydrogen-bond donors (Lipinski definition) is 1. The SMILES string of the molecule is CC[C@]12CCC3C(C=CC4=CC(=N)CC[C@@H]43)C1C1CC1[C@@]21C=CCO1. The number of rotatable bonds is 1. The normalized spacial score (nSPS) is 54.8. The van der Waals surface area contributed by atoms with Gasteiger partial charge in [0, 0.05) is 11.1 Å². The monoisotopic (exact) mass is 335 g/mol. The molecule has 0 saturated heterocycles. The van der Waals surface area contributed by atoms with Gasteiger partial charge in [0.1, 0.15) is 0 Å². The predicted molar refractivity (Wildman–Crippen MR) is 99.5 cm³/mol. The summed E-state index contributed by atoms with van der Waals surface area (Å²) < 4.78 is 6.54. The van der Waals surface area contributed by atoms with E-state index in [4.69, 9.17) is 10.1 Å². The van der Waals surface area contributed by atoms with Crippen LogP contribution in [0.2, 0.25) is 0 Å². The van der Waals surface area contributed by atoms with Crippen LogP contribution in [0.4, 0.5) is 0 Å². The van der Waals surface area contributed by atoms with Gasteiger partial charge in [-0.25, -0.2) is 0 Å². The van der Waals surface area contributed by atoms with E-state index in [1.165, 1.54) is 37.7 Å². The van der Waals surface area contributed by atoms with Crippen molar-refractivity contribution in [3.63, 3.8) is 0 Å². The molecule has 0 aromatic rings. The largest absolute Gasteiger partial charge is 0.366 e. The van der Waals surface area contributed by atoms with Crippen LogP contribution in [0.1, 0.15) is 45.4 Å². The third kappa shape index (κ3) is 1.64. The molecule has 0 amide bonds. The topological polar surface area (TPSA) is 33.1 Å². The number of nitrogens with one attached hydrogen (secondary N) is 1. The van der Waals surface area contributed by atoms with Crippen LogP contribution in [0, 0.1) is 46.3 Å². The molecule has 1 spiro atoms. The fourth-order valence-electron chi connectivity index (χ4n) is 8.17. The smallest absolute Gasteiger partial charge is 0.0957 e. The van der Waals surface area contributed by atoms with Crippen LogP contribution in [0.15, 0.2) is 36.0 Å². The van der Waals surface area contributed by atoms with Crippen LogP contribution in [0.3, 0.4) is 0 Å². The number of ether oxygens (including phenoxy) is 1. The van der Waals surface area contributed by atoms with E-state index in [-0.39, 0.29) is 5.60 Å². The molecule has 3 saturated carbocycles. The second-order valence-corrected chi connectivity index (χ2v) is 9.50. The van der Waals surface area contributed by atoms with Crippen molar-refractivity contribution in [3.8, 4) is 0 Å². The molecule has 2 nitrogen and oxygen atoms in total. The molecule has 5 aliphatic carbocycles. The fraction of sp³-hybridized carbons (Fsp3) is 0.696. The van der Waals surface area contributed by atoms with E-state index >= 15 is 0 Å². The van der Waals surface area contributed by atoms with Crippen molar-refractivity contribution >= 4 is 5.71 Å². The molecule has 0 radical (unpaired) electrons. The Labute approximate surface area is 150 Å². The second kappa shape index (κ2) is 4.76. The number of hydrogen-bond acceptors (Lipinski definition) is 2. The van der Waals surface area contributed by atoms with Gasteiger partial charge in [0.05, 0.1) is 12.2 Å². The van der Waals surface area contributed by atoms with Gasteiger partial charge in [0.15, 0.2) is 0 Å². The Kier molecular flexibility index (Phi) is 2.85. The molecule has 1 heterocycles. The molecule has 5 unspecified atom stereocenters. The standard InChI is InChI=1S/C23H29NO/c1-2-22-10-8-17-16-7-5-15(24)12-14(16)4-6-18(17)21(22)19-13-20(19)23(22)9-3-11-25-23/h3-4,6,9,12,16-21,24H,2,5,7-8,10-11,13H2,1H3/t16-,17?,18?,19?,20?,21?,22-,23-/m0/s1.